The smallest absolute Gasteiger partial charge is 0.243 e. The molecule has 1 atom stereocenters. The van der Waals surface area contributed by atoms with Crippen LogP contribution < -0.4 is 10.6 Å². The molecule has 2 aliphatic heterocycles. The van der Waals surface area contributed by atoms with E-state index >= 15 is 0 Å². The Hall–Kier alpha value is -1.93. The predicted octanol–water partition coefficient (Wildman–Crippen LogP) is 1.01. The normalized spacial score (nSPS) is 22.4. The van der Waals surface area contributed by atoms with Gasteiger partial charge in [0.05, 0.1) is 10.8 Å². The van der Waals surface area contributed by atoms with E-state index in [9.17, 15) is 18.0 Å². The van der Waals surface area contributed by atoms with Gasteiger partial charge in [-0.3, -0.25) is 9.59 Å². The maximum absolute atomic E-state index is 13.0. The van der Waals surface area contributed by atoms with Crippen molar-refractivity contribution in [2.45, 2.75) is 37.5 Å². The van der Waals surface area contributed by atoms with Crippen molar-refractivity contribution in [3.8, 4) is 0 Å². The summed E-state index contributed by atoms with van der Waals surface area (Å²) in [6, 6.07) is 4.98. The Kier molecular flexibility index (Phi) is 4.83. The van der Waals surface area contributed by atoms with Crippen LogP contribution in [0.3, 0.4) is 0 Å². The molecular formula is C17H23N3O4S. The molecule has 1 aromatic carbocycles. The third-order valence-electron chi connectivity index (χ3n) is 4.95. The van der Waals surface area contributed by atoms with Crippen molar-refractivity contribution in [2.75, 3.05) is 24.5 Å². The molecule has 2 saturated heterocycles. The van der Waals surface area contributed by atoms with Crippen LogP contribution in [0, 0.1) is 12.8 Å². The van der Waals surface area contributed by atoms with E-state index in [1.165, 1.54) is 4.31 Å². The van der Waals surface area contributed by atoms with Crippen LogP contribution in [0.5, 0.6) is 0 Å². The van der Waals surface area contributed by atoms with E-state index in [-0.39, 0.29) is 17.3 Å². The van der Waals surface area contributed by atoms with Crippen LogP contribution in [0.15, 0.2) is 23.1 Å². The quantitative estimate of drug-likeness (QED) is 0.860. The lowest BCUT2D eigenvalue weighted by Gasteiger charge is -2.31. The maximum atomic E-state index is 13.0. The first-order valence-corrected chi connectivity index (χ1v) is 9.95. The highest BCUT2D eigenvalue weighted by atomic mass is 32.2. The van der Waals surface area contributed by atoms with E-state index in [4.69, 9.17) is 5.73 Å². The zero-order valence-electron chi connectivity index (χ0n) is 14.3. The van der Waals surface area contributed by atoms with Gasteiger partial charge in [-0.1, -0.05) is 0 Å². The average molecular weight is 365 g/mol. The van der Waals surface area contributed by atoms with E-state index in [0.29, 0.717) is 37.9 Å². The summed E-state index contributed by atoms with van der Waals surface area (Å²) >= 11 is 0. The second-order valence-corrected chi connectivity index (χ2v) is 8.61. The summed E-state index contributed by atoms with van der Waals surface area (Å²) in [5.41, 5.74) is 6.67. The Bertz CT molecular complexity index is 806. The summed E-state index contributed by atoms with van der Waals surface area (Å²) in [5.74, 6) is -0.833. The third kappa shape index (κ3) is 3.41. The minimum Gasteiger partial charge on any atom is -0.369 e. The molecule has 0 aliphatic carbocycles. The number of nitrogens with zero attached hydrogens (tertiary/aromatic N) is 2. The number of primary amides is 1. The molecule has 2 N–H and O–H groups in total. The second-order valence-electron chi connectivity index (χ2n) is 6.70. The lowest BCUT2D eigenvalue weighted by Crippen LogP contribution is -2.44. The Morgan fingerprint density at radius 1 is 1.24 bits per heavy atom. The van der Waals surface area contributed by atoms with Crippen molar-refractivity contribution in [1.29, 1.82) is 0 Å². The molecule has 2 fully saturated rings. The van der Waals surface area contributed by atoms with E-state index in [1.807, 2.05) is 0 Å². The standard InChI is InChI=1S/C17H23N3O4S/c1-12-10-14(20-9-3-5-16(20)21)6-7-15(12)25(23,24)19-8-2-4-13(11-19)17(18)22/h6-7,10,13H,2-5,8-9,11H2,1H3,(H2,18,22)/t13-/m1/s1. The summed E-state index contributed by atoms with van der Waals surface area (Å²) in [6.45, 7) is 2.91. The SMILES string of the molecule is Cc1cc(N2CCCC2=O)ccc1S(=O)(=O)N1CCC[C@@H](C(N)=O)C1. The number of aryl methyl sites for hydroxylation is 1. The Labute approximate surface area is 147 Å². The van der Waals surface area contributed by atoms with Crippen LogP contribution in [-0.2, 0) is 19.6 Å². The number of amides is 2. The molecule has 0 bridgehead atoms. The van der Waals surface area contributed by atoms with E-state index in [1.54, 1.807) is 30.0 Å². The first-order chi connectivity index (χ1) is 11.8. The van der Waals surface area contributed by atoms with Gasteiger partial charge in [0.1, 0.15) is 0 Å². The highest BCUT2D eigenvalue weighted by Gasteiger charge is 2.33. The first kappa shape index (κ1) is 17.9. The van der Waals surface area contributed by atoms with Crippen LogP contribution in [0.4, 0.5) is 5.69 Å². The molecule has 3 rings (SSSR count). The summed E-state index contributed by atoms with van der Waals surface area (Å²) in [7, 11) is -3.69. The largest absolute Gasteiger partial charge is 0.369 e. The fraction of sp³-hybridized carbons (Fsp3) is 0.529. The number of carbonyl (C=O) groups is 2. The second kappa shape index (κ2) is 6.76. The highest BCUT2D eigenvalue weighted by Crippen LogP contribution is 2.29. The fourth-order valence-electron chi connectivity index (χ4n) is 3.54. The van der Waals surface area contributed by atoms with E-state index < -0.39 is 21.8 Å². The number of anilines is 1. The Balaban J connectivity index is 1.87. The van der Waals surface area contributed by atoms with Gasteiger partial charge in [0.15, 0.2) is 0 Å². The van der Waals surface area contributed by atoms with Crippen molar-refractivity contribution >= 4 is 27.5 Å². The molecule has 8 heteroatoms. The average Bonchev–Trinajstić information content (AvgIpc) is 3.00. The number of nitrogens with two attached hydrogens (primary N) is 1. The zero-order valence-corrected chi connectivity index (χ0v) is 15.1. The molecule has 2 heterocycles. The number of piperidine rings is 1. The van der Waals surface area contributed by atoms with Crippen LogP contribution in [-0.4, -0.2) is 44.2 Å². The van der Waals surface area contributed by atoms with Crippen molar-refractivity contribution in [1.82, 2.24) is 4.31 Å². The zero-order chi connectivity index (χ0) is 18.2. The van der Waals surface area contributed by atoms with Crippen molar-refractivity contribution in [2.24, 2.45) is 11.7 Å². The number of carbonyl (C=O) groups excluding carboxylic acids is 2. The number of sulfonamides is 1. The molecular weight excluding hydrogens is 342 g/mol. The van der Waals surface area contributed by atoms with Crippen molar-refractivity contribution in [3.63, 3.8) is 0 Å². The van der Waals surface area contributed by atoms with Gasteiger partial charge in [-0.2, -0.15) is 4.31 Å². The predicted molar refractivity (Wildman–Crippen MR) is 93.4 cm³/mol. The molecule has 0 radical (unpaired) electrons. The number of hydrogen-bond acceptors (Lipinski definition) is 4. The molecule has 0 aromatic heterocycles. The Morgan fingerprint density at radius 3 is 2.60 bits per heavy atom. The van der Waals surface area contributed by atoms with Crippen molar-refractivity contribution in [3.05, 3.63) is 23.8 Å². The molecule has 25 heavy (non-hydrogen) atoms. The lowest BCUT2D eigenvalue weighted by molar-refractivity contribution is -0.122. The molecule has 0 spiro atoms. The lowest BCUT2D eigenvalue weighted by atomic mass is 9.99. The molecule has 2 amide bonds. The summed E-state index contributed by atoms with van der Waals surface area (Å²) < 4.78 is 27.3. The van der Waals surface area contributed by atoms with Crippen LogP contribution in [0.1, 0.15) is 31.2 Å². The van der Waals surface area contributed by atoms with Crippen LogP contribution in [0.2, 0.25) is 0 Å². The fourth-order valence-corrected chi connectivity index (χ4v) is 5.27. The number of benzene rings is 1. The topological polar surface area (TPSA) is 101 Å². The van der Waals surface area contributed by atoms with Crippen LogP contribution >= 0.6 is 0 Å². The highest BCUT2D eigenvalue weighted by molar-refractivity contribution is 7.89. The van der Waals surface area contributed by atoms with Gasteiger partial charge in [-0.05, 0) is 49.9 Å². The maximum Gasteiger partial charge on any atom is 0.243 e. The number of hydrogen-bond donors (Lipinski definition) is 1. The molecule has 0 unspecified atom stereocenters. The van der Waals surface area contributed by atoms with Gasteiger partial charge in [0.25, 0.3) is 0 Å². The third-order valence-corrected chi connectivity index (χ3v) is 6.97. The van der Waals surface area contributed by atoms with Gasteiger partial charge in [-0.25, -0.2) is 8.42 Å². The summed E-state index contributed by atoms with van der Waals surface area (Å²) in [5, 5.41) is 0. The van der Waals surface area contributed by atoms with Gasteiger partial charge >= 0.3 is 0 Å². The van der Waals surface area contributed by atoms with Gasteiger partial charge in [0, 0.05) is 31.7 Å². The Morgan fingerprint density at radius 2 is 2.00 bits per heavy atom. The molecule has 7 nitrogen and oxygen atoms in total. The monoisotopic (exact) mass is 365 g/mol. The first-order valence-electron chi connectivity index (χ1n) is 8.51. The van der Waals surface area contributed by atoms with Gasteiger partial charge in [-0.15, -0.1) is 0 Å². The minimum atomic E-state index is -3.69. The van der Waals surface area contributed by atoms with Gasteiger partial charge < -0.3 is 10.6 Å². The molecule has 136 valence electrons. The van der Waals surface area contributed by atoms with E-state index in [2.05, 4.69) is 0 Å². The summed E-state index contributed by atoms with van der Waals surface area (Å²) in [4.78, 5) is 25.2. The van der Waals surface area contributed by atoms with Crippen molar-refractivity contribution < 1.29 is 18.0 Å². The van der Waals surface area contributed by atoms with E-state index in [0.717, 1.165) is 12.1 Å². The van der Waals surface area contributed by atoms with Gasteiger partial charge in [0.2, 0.25) is 21.8 Å². The molecule has 0 saturated carbocycles. The molecule has 1 aromatic rings. The summed E-state index contributed by atoms with van der Waals surface area (Å²) in [6.07, 6.45) is 2.59. The molecule has 2 aliphatic rings. The number of rotatable bonds is 4. The van der Waals surface area contributed by atoms with Crippen LogP contribution in [0.25, 0.3) is 0 Å². The minimum absolute atomic E-state index is 0.0651.